The molecular formula is C21H20N4O3. The Balaban J connectivity index is 1.48. The molecule has 0 aliphatic carbocycles. The number of carbonyl (C=O) groups excluding carboxylic acids is 1. The summed E-state index contributed by atoms with van der Waals surface area (Å²) in [5.74, 6) is 1.58. The lowest BCUT2D eigenvalue weighted by Gasteiger charge is -2.04. The Bertz CT molecular complexity index is 957. The fourth-order valence-corrected chi connectivity index (χ4v) is 2.55. The zero-order valence-corrected chi connectivity index (χ0v) is 15.5. The molecule has 3 rings (SSSR count). The van der Waals surface area contributed by atoms with E-state index in [1.165, 1.54) is 0 Å². The van der Waals surface area contributed by atoms with Crippen LogP contribution in [0.4, 0.5) is 0 Å². The lowest BCUT2D eigenvalue weighted by Crippen LogP contribution is -2.23. The number of hydrogen-bond acceptors (Lipinski definition) is 6. The normalized spacial score (nSPS) is 10.3. The SMILES string of the molecule is CCOc1ccc(-c2noc(CCC(=O)NCc3ccc(C#N)cc3)n2)cc1. The standard InChI is InChI=1S/C21H20N4O3/c1-2-27-18-9-7-17(8-10-18)21-24-20(28-25-21)12-11-19(26)23-14-16-5-3-15(13-22)4-6-16/h3-10H,2,11-12,14H2,1H3,(H,23,26). The van der Waals surface area contributed by atoms with Crippen LogP contribution in [0.2, 0.25) is 0 Å². The maximum atomic E-state index is 12.0. The van der Waals surface area contributed by atoms with Crippen molar-refractivity contribution >= 4 is 5.91 Å². The number of amides is 1. The van der Waals surface area contributed by atoms with Crippen LogP contribution in [-0.4, -0.2) is 22.7 Å². The highest BCUT2D eigenvalue weighted by Crippen LogP contribution is 2.20. The summed E-state index contributed by atoms with van der Waals surface area (Å²) < 4.78 is 10.6. The van der Waals surface area contributed by atoms with Crippen molar-refractivity contribution in [3.63, 3.8) is 0 Å². The molecule has 0 saturated carbocycles. The van der Waals surface area contributed by atoms with E-state index >= 15 is 0 Å². The summed E-state index contributed by atoms with van der Waals surface area (Å²) in [4.78, 5) is 16.4. The molecule has 0 aliphatic heterocycles. The van der Waals surface area contributed by atoms with Crippen molar-refractivity contribution in [3.8, 4) is 23.2 Å². The second-order valence-electron chi connectivity index (χ2n) is 6.05. The first-order valence-corrected chi connectivity index (χ1v) is 8.99. The topological polar surface area (TPSA) is 101 Å². The summed E-state index contributed by atoms with van der Waals surface area (Å²) in [6.45, 7) is 2.95. The van der Waals surface area contributed by atoms with Crippen LogP contribution in [0.15, 0.2) is 53.1 Å². The largest absolute Gasteiger partial charge is 0.494 e. The number of nitrogens with one attached hydrogen (secondary N) is 1. The fourth-order valence-electron chi connectivity index (χ4n) is 2.55. The Morgan fingerprint density at radius 1 is 1.18 bits per heavy atom. The summed E-state index contributed by atoms with van der Waals surface area (Å²) in [7, 11) is 0. The van der Waals surface area contributed by atoms with Gasteiger partial charge in [-0.2, -0.15) is 10.2 Å². The van der Waals surface area contributed by atoms with Crippen LogP contribution in [0.25, 0.3) is 11.4 Å². The second kappa shape index (κ2) is 9.33. The third-order valence-electron chi connectivity index (χ3n) is 4.03. The number of nitrogens with zero attached hydrogens (tertiary/aromatic N) is 3. The first-order valence-electron chi connectivity index (χ1n) is 8.99. The van der Waals surface area contributed by atoms with Gasteiger partial charge >= 0.3 is 0 Å². The lowest BCUT2D eigenvalue weighted by molar-refractivity contribution is -0.121. The van der Waals surface area contributed by atoms with Crippen molar-refractivity contribution in [2.45, 2.75) is 26.3 Å². The van der Waals surface area contributed by atoms with Crippen LogP contribution in [0.5, 0.6) is 5.75 Å². The first-order chi connectivity index (χ1) is 13.7. The zero-order valence-electron chi connectivity index (χ0n) is 15.5. The molecule has 0 saturated heterocycles. The quantitative estimate of drug-likeness (QED) is 0.647. The van der Waals surface area contributed by atoms with Crippen LogP contribution in [0.3, 0.4) is 0 Å². The average Bonchev–Trinajstić information content (AvgIpc) is 3.21. The van der Waals surface area contributed by atoms with Gasteiger partial charge in [0.25, 0.3) is 0 Å². The molecule has 0 fully saturated rings. The number of aryl methyl sites for hydroxylation is 1. The summed E-state index contributed by atoms with van der Waals surface area (Å²) in [6, 6.07) is 16.6. The van der Waals surface area contributed by atoms with Gasteiger partial charge in [0.1, 0.15) is 5.75 Å². The molecule has 28 heavy (non-hydrogen) atoms. The summed E-state index contributed by atoms with van der Waals surface area (Å²) in [5, 5.41) is 15.6. The molecule has 142 valence electrons. The number of hydrogen-bond donors (Lipinski definition) is 1. The Morgan fingerprint density at radius 3 is 2.61 bits per heavy atom. The molecule has 3 aromatic rings. The maximum Gasteiger partial charge on any atom is 0.227 e. The van der Waals surface area contributed by atoms with Gasteiger partial charge in [-0.05, 0) is 48.9 Å². The monoisotopic (exact) mass is 376 g/mol. The van der Waals surface area contributed by atoms with Crippen molar-refractivity contribution in [2.75, 3.05) is 6.61 Å². The minimum Gasteiger partial charge on any atom is -0.494 e. The van der Waals surface area contributed by atoms with E-state index in [0.29, 0.717) is 36.9 Å². The molecule has 7 nitrogen and oxygen atoms in total. The number of ether oxygens (including phenoxy) is 1. The molecule has 1 amide bonds. The van der Waals surface area contributed by atoms with E-state index < -0.39 is 0 Å². The highest BCUT2D eigenvalue weighted by Gasteiger charge is 2.11. The number of nitriles is 1. The molecule has 0 radical (unpaired) electrons. The molecule has 1 aromatic heterocycles. The molecule has 7 heteroatoms. The average molecular weight is 376 g/mol. The van der Waals surface area contributed by atoms with E-state index in [1.807, 2.05) is 43.3 Å². The van der Waals surface area contributed by atoms with E-state index in [1.54, 1.807) is 12.1 Å². The van der Waals surface area contributed by atoms with Crippen molar-refractivity contribution in [1.29, 1.82) is 5.26 Å². The Hall–Kier alpha value is -3.66. The van der Waals surface area contributed by atoms with Gasteiger partial charge in [0.05, 0.1) is 18.2 Å². The molecule has 1 heterocycles. The fraction of sp³-hybridized carbons (Fsp3) is 0.238. The van der Waals surface area contributed by atoms with Crippen LogP contribution in [-0.2, 0) is 17.8 Å². The van der Waals surface area contributed by atoms with Gasteiger partial charge in [-0.3, -0.25) is 4.79 Å². The number of benzene rings is 2. The minimum absolute atomic E-state index is 0.106. The number of rotatable bonds is 8. The molecule has 0 aliphatic rings. The summed E-state index contributed by atoms with van der Waals surface area (Å²) in [6.07, 6.45) is 0.615. The Kier molecular flexibility index (Phi) is 6.37. The van der Waals surface area contributed by atoms with Crippen LogP contribution in [0.1, 0.15) is 30.4 Å². The van der Waals surface area contributed by atoms with Gasteiger partial charge in [0.15, 0.2) is 0 Å². The van der Waals surface area contributed by atoms with E-state index in [-0.39, 0.29) is 12.3 Å². The Morgan fingerprint density at radius 2 is 1.93 bits per heavy atom. The lowest BCUT2D eigenvalue weighted by atomic mass is 10.1. The van der Waals surface area contributed by atoms with Crippen LogP contribution in [0, 0.1) is 11.3 Å². The molecular weight excluding hydrogens is 356 g/mol. The van der Waals surface area contributed by atoms with Crippen LogP contribution < -0.4 is 10.1 Å². The smallest absolute Gasteiger partial charge is 0.227 e. The van der Waals surface area contributed by atoms with Gasteiger partial charge in [-0.1, -0.05) is 17.3 Å². The van der Waals surface area contributed by atoms with E-state index in [0.717, 1.165) is 16.9 Å². The predicted octanol–water partition coefficient (Wildman–Crippen LogP) is 3.26. The third-order valence-corrected chi connectivity index (χ3v) is 4.03. The second-order valence-corrected chi connectivity index (χ2v) is 6.05. The predicted molar refractivity (Wildman–Crippen MR) is 102 cm³/mol. The van der Waals surface area contributed by atoms with Gasteiger partial charge in [-0.25, -0.2) is 0 Å². The van der Waals surface area contributed by atoms with E-state index in [9.17, 15) is 4.79 Å². The molecule has 0 spiro atoms. The molecule has 0 atom stereocenters. The highest BCUT2D eigenvalue weighted by molar-refractivity contribution is 5.76. The molecule has 1 N–H and O–H groups in total. The van der Waals surface area contributed by atoms with Crippen molar-refractivity contribution in [1.82, 2.24) is 15.5 Å². The van der Waals surface area contributed by atoms with E-state index in [4.69, 9.17) is 14.5 Å². The first kappa shape index (κ1) is 19.1. The van der Waals surface area contributed by atoms with Gasteiger partial charge < -0.3 is 14.6 Å². The highest BCUT2D eigenvalue weighted by atomic mass is 16.5. The number of carbonyl (C=O) groups is 1. The summed E-state index contributed by atoms with van der Waals surface area (Å²) in [5.41, 5.74) is 2.35. The summed E-state index contributed by atoms with van der Waals surface area (Å²) >= 11 is 0. The van der Waals surface area contributed by atoms with Crippen LogP contribution >= 0.6 is 0 Å². The van der Waals surface area contributed by atoms with Gasteiger partial charge in [-0.15, -0.1) is 0 Å². The van der Waals surface area contributed by atoms with Gasteiger partial charge in [0, 0.05) is 24.9 Å². The Labute approximate surface area is 163 Å². The van der Waals surface area contributed by atoms with Crippen molar-refractivity contribution in [3.05, 3.63) is 65.5 Å². The molecule has 2 aromatic carbocycles. The zero-order chi connectivity index (χ0) is 19.8. The van der Waals surface area contributed by atoms with E-state index in [2.05, 4.69) is 21.5 Å². The molecule has 0 bridgehead atoms. The number of aromatic nitrogens is 2. The maximum absolute atomic E-state index is 12.0. The van der Waals surface area contributed by atoms with Crippen molar-refractivity contribution < 1.29 is 14.1 Å². The third kappa shape index (κ3) is 5.17. The minimum atomic E-state index is -0.106. The molecule has 0 unspecified atom stereocenters. The van der Waals surface area contributed by atoms with Crippen molar-refractivity contribution in [2.24, 2.45) is 0 Å². The van der Waals surface area contributed by atoms with Gasteiger partial charge in [0.2, 0.25) is 17.6 Å².